The number of hydrogen-bond donors (Lipinski definition) is 0. The fraction of sp³-hybridized carbons (Fsp3) is 0.727. The third-order valence-electron chi connectivity index (χ3n) is 2.73. The van der Waals surface area contributed by atoms with Gasteiger partial charge in [0, 0.05) is 12.3 Å². The van der Waals surface area contributed by atoms with Crippen molar-refractivity contribution in [3.05, 3.63) is 12.2 Å². The lowest BCUT2D eigenvalue weighted by Gasteiger charge is -2.24. The van der Waals surface area contributed by atoms with Crippen molar-refractivity contribution in [1.29, 1.82) is 0 Å². The lowest BCUT2D eigenvalue weighted by atomic mass is 9.80. The minimum atomic E-state index is 0.315. The molecule has 0 aromatic heterocycles. The van der Waals surface area contributed by atoms with Crippen molar-refractivity contribution >= 4 is 5.78 Å². The van der Waals surface area contributed by atoms with E-state index in [0.29, 0.717) is 17.6 Å². The van der Waals surface area contributed by atoms with Gasteiger partial charge in [0.1, 0.15) is 5.78 Å². The van der Waals surface area contributed by atoms with Crippen LogP contribution in [-0.2, 0) is 4.79 Å². The molecule has 0 amide bonds. The standard InChI is InChI=1S/C11H18O/c1-3-6-9(2)10-7-4-5-8-11(10)12/h3,6,9-10H,4-5,7-8H2,1-2H3/b6-3+/t9-,10+/m0/s1. The van der Waals surface area contributed by atoms with Crippen LogP contribution in [0.1, 0.15) is 39.5 Å². The number of Topliss-reactive ketones (excluding diaryl/α,β-unsaturated/α-hetero) is 1. The molecule has 68 valence electrons. The molecule has 0 N–H and O–H groups in total. The summed E-state index contributed by atoms with van der Waals surface area (Å²) in [5.41, 5.74) is 0. The molecule has 1 heteroatoms. The van der Waals surface area contributed by atoms with E-state index in [0.717, 1.165) is 19.3 Å². The van der Waals surface area contributed by atoms with Crippen LogP contribution in [0.2, 0.25) is 0 Å². The second-order valence-electron chi connectivity index (χ2n) is 3.70. The van der Waals surface area contributed by atoms with E-state index < -0.39 is 0 Å². The van der Waals surface area contributed by atoms with Gasteiger partial charge in [0.25, 0.3) is 0 Å². The summed E-state index contributed by atoms with van der Waals surface area (Å²) in [6.07, 6.45) is 8.45. The SMILES string of the molecule is C/C=C/[C@H](C)[C@H]1CCCCC1=O. The van der Waals surface area contributed by atoms with Crippen LogP contribution in [-0.4, -0.2) is 5.78 Å². The Hall–Kier alpha value is -0.590. The first-order chi connectivity index (χ1) is 5.75. The summed E-state index contributed by atoms with van der Waals surface area (Å²) in [5, 5.41) is 0. The van der Waals surface area contributed by atoms with Gasteiger partial charge in [0.05, 0.1) is 0 Å². The number of ketones is 1. The number of rotatable bonds is 2. The van der Waals surface area contributed by atoms with E-state index in [1.165, 1.54) is 6.42 Å². The molecule has 1 saturated carbocycles. The van der Waals surface area contributed by atoms with Gasteiger partial charge in [-0.3, -0.25) is 4.79 Å². The fourth-order valence-corrected chi connectivity index (χ4v) is 2.00. The summed E-state index contributed by atoms with van der Waals surface area (Å²) in [6, 6.07) is 0. The Morgan fingerprint density at radius 1 is 1.50 bits per heavy atom. The minimum Gasteiger partial charge on any atom is -0.299 e. The van der Waals surface area contributed by atoms with E-state index in [2.05, 4.69) is 13.0 Å². The Morgan fingerprint density at radius 2 is 2.25 bits per heavy atom. The van der Waals surface area contributed by atoms with Crippen molar-refractivity contribution in [3.63, 3.8) is 0 Å². The fourth-order valence-electron chi connectivity index (χ4n) is 2.00. The zero-order valence-electron chi connectivity index (χ0n) is 8.05. The summed E-state index contributed by atoms with van der Waals surface area (Å²) in [5.74, 6) is 1.24. The Bertz CT molecular complexity index is 181. The highest BCUT2D eigenvalue weighted by Crippen LogP contribution is 2.27. The van der Waals surface area contributed by atoms with E-state index in [-0.39, 0.29) is 0 Å². The molecule has 0 radical (unpaired) electrons. The summed E-state index contributed by atoms with van der Waals surface area (Å²) >= 11 is 0. The number of hydrogen-bond acceptors (Lipinski definition) is 1. The highest BCUT2D eigenvalue weighted by molar-refractivity contribution is 5.82. The molecule has 0 aliphatic heterocycles. The molecular weight excluding hydrogens is 148 g/mol. The second-order valence-corrected chi connectivity index (χ2v) is 3.70. The van der Waals surface area contributed by atoms with Crippen LogP contribution in [0.3, 0.4) is 0 Å². The van der Waals surface area contributed by atoms with Gasteiger partial charge in [-0.1, -0.05) is 25.5 Å². The predicted molar refractivity (Wildman–Crippen MR) is 50.9 cm³/mol. The number of carbonyl (C=O) groups excluding carboxylic acids is 1. The van der Waals surface area contributed by atoms with Gasteiger partial charge in [0.15, 0.2) is 0 Å². The average molecular weight is 166 g/mol. The summed E-state index contributed by atoms with van der Waals surface area (Å²) in [4.78, 5) is 11.5. The van der Waals surface area contributed by atoms with Crippen LogP contribution in [0.15, 0.2) is 12.2 Å². The largest absolute Gasteiger partial charge is 0.299 e. The number of allylic oxidation sites excluding steroid dienone is 2. The van der Waals surface area contributed by atoms with Gasteiger partial charge in [-0.15, -0.1) is 0 Å². The molecule has 12 heavy (non-hydrogen) atoms. The Kier molecular flexibility index (Phi) is 3.51. The monoisotopic (exact) mass is 166 g/mol. The van der Waals surface area contributed by atoms with E-state index in [9.17, 15) is 4.79 Å². The molecule has 1 fully saturated rings. The zero-order chi connectivity index (χ0) is 8.97. The van der Waals surface area contributed by atoms with Crippen molar-refractivity contribution in [2.75, 3.05) is 0 Å². The highest BCUT2D eigenvalue weighted by Gasteiger charge is 2.25. The van der Waals surface area contributed by atoms with Crippen molar-refractivity contribution in [1.82, 2.24) is 0 Å². The Balaban J connectivity index is 2.53. The molecule has 2 atom stereocenters. The van der Waals surface area contributed by atoms with Crippen LogP contribution in [0.4, 0.5) is 0 Å². The van der Waals surface area contributed by atoms with Crippen LogP contribution >= 0.6 is 0 Å². The van der Waals surface area contributed by atoms with Crippen LogP contribution < -0.4 is 0 Å². The van der Waals surface area contributed by atoms with Crippen molar-refractivity contribution in [3.8, 4) is 0 Å². The maximum absolute atomic E-state index is 11.5. The third kappa shape index (κ3) is 2.20. The normalized spacial score (nSPS) is 27.8. The van der Waals surface area contributed by atoms with Crippen LogP contribution in [0.5, 0.6) is 0 Å². The van der Waals surface area contributed by atoms with Crippen molar-refractivity contribution in [2.45, 2.75) is 39.5 Å². The summed E-state index contributed by atoms with van der Waals surface area (Å²) < 4.78 is 0. The van der Waals surface area contributed by atoms with Gasteiger partial charge < -0.3 is 0 Å². The molecule has 0 saturated heterocycles. The molecule has 0 aromatic rings. The van der Waals surface area contributed by atoms with Crippen molar-refractivity contribution in [2.24, 2.45) is 11.8 Å². The maximum atomic E-state index is 11.5. The van der Waals surface area contributed by atoms with Gasteiger partial charge >= 0.3 is 0 Å². The molecule has 0 spiro atoms. The summed E-state index contributed by atoms with van der Waals surface area (Å²) in [6.45, 7) is 4.16. The van der Waals surface area contributed by atoms with Gasteiger partial charge in [-0.2, -0.15) is 0 Å². The van der Waals surface area contributed by atoms with Crippen molar-refractivity contribution < 1.29 is 4.79 Å². The average Bonchev–Trinajstić information content (AvgIpc) is 2.05. The molecule has 0 aromatic carbocycles. The van der Waals surface area contributed by atoms with E-state index in [1.807, 2.05) is 13.0 Å². The molecular formula is C11H18O. The van der Waals surface area contributed by atoms with Crippen LogP contribution in [0, 0.1) is 11.8 Å². The first-order valence-electron chi connectivity index (χ1n) is 4.91. The van der Waals surface area contributed by atoms with Gasteiger partial charge in [0.2, 0.25) is 0 Å². The lowest BCUT2D eigenvalue weighted by Crippen LogP contribution is -2.24. The lowest BCUT2D eigenvalue weighted by molar-refractivity contribution is -0.125. The molecule has 1 aliphatic carbocycles. The van der Waals surface area contributed by atoms with E-state index in [1.54, 1.807) is 0 Å². The van der Waals surface area contributed by atoms with E-state index in [4.69, 9.17) is 0 Å². The third-order valence-corrected chi connectivity index (χ3v) is 2.73. The quantitative estimate of drug-likeness (QED) is 0.576. The molecule has 1 nitrogen and oxygen atoms in total. The van der Waals surface area contributed by atoms with Gasteiger partial charge in [-0.25, -0.2) is 0 Å². The second kappa shape index (κ2) is 4.44. The predicted octanol–water partition coefficient (Wildman–Crippen LogP) is 2.96. The number of carbonyl (C=O) groups is 1. The molecule has 0 bridgehead atoms. The Morgan fingerprint density at radius 3 is 2.83 bits per heavy atom. The Labute approximate surface area is 74.9 Å². The first kappa shape index (κ1) is 9.50. The molecule has 1 rings (SSSR count). The minimum absolute atomic E-state index is 0.315. The van der Waals surface area contributed by atoms with E-state index >= 15 is 0 Å². The van der Waals surface area contributed by atoms with Gasteiger partial charge in [-0.05, 0) is 25.7 Å². The molecule has 0 unspecified atom stereocenters. The summed E-state index contributed by atoms with van der Waals surface area (Å²) in [7, 11) is 0. The molecule has 0 heterocycles. The van der Waals surface area contributed by atoms with Crippen LogP contribution in [0.25, 0.3) is 0 Å². The maximum Gasteiger partial charge on any atom is 0.136 e. The smallest absolute Gasteiger partial charge is 0.136 e. The zero-order valence-corrected chi connectivity index (χ0v) is 8.05. The topological polar surface area (TPSA) is 17.1 Å². The highest BCUT2D eigenvalue weighted by atomic mass is 16.1. The first-order valence-corrected chi connectivity index (χ1v) is 4.91. The molecule has 1 aliphatic rings.